The van der Waals surface area contributed by atoms with Gasteiger partial charge in [0.1, 0.15) is 18.7 Å². The Balaban J connectivity index is 0.00000163. The summed E-state index contributed by atoms with van der Waals surface area (Å²) in [6, 6.07) is 0. The molecule has 0 aromatic heterocycles. The Morgan fingerprint density at radius 1 is 1.38 bits per heavy atom. The van der Waals surface area contributed by atoms with E-state index in [9.17, 15) is 4.79 Å². The highest BCUT2D eigenvalue weighted by Gasteiger charge is 2.24. The van der Waals surface area contributed by atoms with Gasteiger partial charge < -0.3 is 14.4 Å². The summed E-state index contributed by atoms with van der Waals surface area (Å²) >= 11 is 0. The van der Waals surface area contributed by atoms with Gasteiger partial charge in [0, 0.05) is 6.20 Å². The fourth-order valence-corrected chi connectivity index (χ4v) is 2.96. The van der Waals surface area contributed by atoms with Gasteiger partial charge in [0.2, 0.25) is 0 Å². The van der Waals surface area contributed by atoms with Gasteiger partial charge in [-0.15, -0.1) is 0 Å². The number of amidine groups is 1. The molecule has 26 heavy (non-hydrogen) atoms. The Labute approximate surface area is 156 Å². The van der Waals surface area contributed by atoms with Gasteiger partial charge in [0.15, 0.2) is 5.84 Å². The van der Waals surface area contributed by atoms with Crippen LogP contribution in [-0.4, -0.2) is 40.9 Å². The first-order chi connectivity index (χ1) is 12.5. The molecule has 1 aliphatic carbocycles. The lowest BCUT2D eigenvalue weighted by Gasteiger charge is -2.31. The smallest absolute Gasteiger partial charge is 0.309 e. The van der Waals surface area contributed by atoms with Gasteiger partial charge in [0.05, 0.1) is 12.0 Å². The number of hydrogen-bond donors (Lipinski definition) is 2. The predicted octanol–water partition coefficient (Wildman–Crippen LogP) is 3.57. The molecular formula is C19H33N3O4. The topological polar surface area (TPSA) is 83.4 Å². The van der Waals surface area contributed by atoms with E-state index in [0.29, 0.717) is 11.7 Å². The standard InChI is InChI=1S/C17H27N3O4.C2H6/c1-12(11-23-17(21)15-7-5-4-6-8-15)24-14(3)20-10-9-16(19-22)18-13(20)2;1-2/h9-10,12,14-15,22H,2,4-8,11H2,1,3H3,(H,18,19);1-2H3. The second-order valence-electron chi connectivity index (χ2n) is 6.26. The van der Waals surface area contributed by atoms with Crippen molar-refractivity contribution in [3.05, 3.63) is 24.7 Å². The average Bonchev–Trinajstić information content (AvgIpc) is 2.68. The molecule has 7 nitrogen and oxygen atoms in total. The third kappa shape index (κ3) is 6.80. The monoisotopic (exact) mass is 367 g/mol. The van der Waals surface area contributed by atoms with Crippen molar-refractivity contribution in [2.75, 3.05) is 6.61 Å². The van der Waals surface area contributed by atoms with Crippen molar-refractivity contribution in [3.63, 3.8) is 0 Å². The molecule has 2 N–H and O–H groups in total. The molecule has 1 fully saturated rings. The molecule has 0 bridgehead atoms. The summed E-state index contributed by atoms with van der Waals surface area (Å²) in [7, 11) is 0. The first-order valence-electron chi connectivity index (χ1n) is 9.47. The van der Waals surface area contributed by atoms with Crippen molar-refractivity contribution in [1.82, 2.24) is 10.4 Å². The Bertz CT molecular complexity index is 513. The number of carbonyl (C=O) groups is 1. The van der Waals surface area contributed by atoms with Crippen molar-refractivity contribution in [1.29, 1.82) is 0 Å². The van der Waals surface area contributed by atoms with Gasteiger partial charge in [0.25, 0.3) is 0 Å². The Kier molecular flexibility index (Phi) is 9.98. The van der Waals surface area contributed by atoms with Gasteiger partial charge in [-0.05, 0) is 32.8 Å². The minimum absolute atomic E-state index is 0.0481. The van der Waals surface area contributed by atoms with Crippen LogP contribution in [0.15, 0.2) is 29.7 Å². The zero-order valence-corrected chi connectivity index (χ0v) is 16.4. The summed E-state index contributed by atoms with van der Waals surface area (Å²) in [5.74, 6) is 0.709. The summed E-state index contributed by atoms with van der Waals surface area (Å²) in [4.78, 5) is 17.9. The van der Waals surface area contributed by atoms with Crippen LogP contribution in [0.25, 0.3) is 0 Å². The molecule has 0 saturated heterocycles. The molecule has 0 radical (unpaired) electrons. The maximum Gasteiger partial charge on any atom is 0.309 e. The minimum Gasteiger partial charge on any atom is -0.463 e. The summed E-state index contributed by atoms with van der Waals surface area (Å²) < 4.78 is 11.3. The number of hydroxylamine groups is 1. The van der Waals surface area contributed by atoms with Crippen molar-refractivity contribution in [2.24, 2.45) is 10.9 Å². The van der Waals surface area contributed by atoms with E-state index in [4.69, 9.17) is 14.7 Å². The van der Waals surface area contributed by atoms with E-state index in [-0.39, 0.29) is 30.8 Å². The van der Waals surface area contributed by atoms with Gasteiger partial charge in [-0.1, -0.05) is 39.7 Å². The molecule has 0 aromatic carbocycles. The number of esters is 1. The van der Waals surface area contributed by atoms with E-state index < -0.39 is 0 Å². The van der Waals surface area contributed by atoms with E-state index >= 15 is 0 Å². The van der Waals surface area contributed by atoms with E-state index in [2.05, 4.69) is 11.6 Å². The molecule has 2 unspecified atom stereocenters. The normalized spacial score (nSPS) is 19.8. The summed E-state index contributed by atoms with van der Waals surface area (Å²) in [5, 5.41) is 8.84. The van der Waals surface area contributed by atoms with Crippen molar-refractivity contribution in [2.45, 2.75) is 72.1 Å². The molecule has 2 atom stereocenters. The third-order valence-corrected chi connectivity index (χ3v) is 4.27. The molecule has 2 aliphatic rings. The highest BCUT2D eigenvalue weighted by atomic mass is 16.6. The maximum absolute atomic E-state index is 12.0. The average molecular weight is 367 g/mol. The first-order valence-corrected chi connectivity index (χ1v) is 9.47. The molecule has 0 spiro atoms. The molecule has 1 aliphatic heterocycles. The summed E-state index contributed by atoms with van der Waals surface area (Å²) in [5.41, 5.74) is 1.98. The molecular weight excluding hydrogens is 334 g/mol. The second kappa shape index (κ2) is 11.7. The van der Waals surface area contributed by atoms with Gasteiger partial charge >= 0.3 is 5.97 Å². The molecule has 0 amide bonds. The number of nitrogens with zero attached hydrogens (tertiary/aromatic N) is 2. The molecule has 148 valence electrons. The Morgan fingerprint density at radius 3 is 2.62 bits per heavy atom. The van der Waals surface area contributed by atoms with Crippen LogP contribution in [0.2, 0.25) is 0 Å². The van der Waals surface area contributed by atoms with Gasteiger partial charge in [-0.2, -0.15) is 0 Å². The van der Waals surface area contributed by atoms with Crippen LogP contribution in [0.3, 0.4) is 0 Å². The van der Waals surface area contributed by atoms with Crippen LogP contribution in [0.5, 0.6) is 0 Å². The van der Waals surface area contributed by atoms with Crippen molar-refractivity contribution in [3.8, 4) is 0 Å². The number of rotatable bonds is 6. The number of ether oxygens (including phenoxy) is 2. The second-order valence-corrected chi connectivity index (χ2v) is 6.26. The minimum atomic E-state index is -0.318. The van der Waals surface area contributed by atoms with Crippen LogP contribution in [0.1, 0.15) is 59.8 Å². The number of aliphatic imine (C=N–C) groups is 1. The van der Waals surface area contributed by atoms with Crippen LogP contribution < -0.4 is 5.48 Å². The quantitative estimate of drug-likeness (QED) is 0.552. The van der Waals surface area contributed by atoms with Crippen molar-refractivity contribution < 1.29 is 19.5 Å². The van der Waals surface area contributed by atoms with Crippen LogP contribution in [0.4, 0.5) is 0 Å². The number of nitrogens with one attached hydrogen (secondary N) is 1. The predicted molar refractivity (Wildman–Crippen MR) is 101 cm³/mol. The Hall–Kier alpha value is -1.86. The third-order valence-electron chi connectivity index (χ3n) is 4.27. The first kappa shape index (κ1) is 22.2. The zero-order chi connectivity index (χ0) is 19.5. The fraction of sp³-hybridized carbons (Fsp3) is 0.684. The van der Waals surface area contributed by atoms with Crippen LogP contribution in [-0.2, 0) is 14.3 Å². The molecule has 2 rings (SSSR count). The molecule has 7 heteroatoms. The van der Waals surface area contributed by atoms with Gasteiger partial charge in [-0.25, -0.2) is 4.99 Å². The molecule has 1 heterocycles. The lowest BCUT2D eigenvalue weighted by atomic mass is 9.89. The van der Waals surface area contributed by atoms with Crippen LogP contribution in [0, 0.1) is 5.92 Å². The van der Waals surface area contributed by atoms with Crippen LogP contribution >= 0.6 is 0 Å². The van der Waals surface area contributed by atoms with Gasteiger partial charge in [-0.3, -0.25) is 15.5 Å². The highest BCUT2D eigenvalue weighted by molar-refractivity contribution is 5.93. The van der Waals surface area contributed by atoms with E-state index in [1.807, 2.05) is 33.2 Å². The zero-order valence-electron chi connectivity index (χ0n) is 16.4. The summed E-state index contributed by atoms with van der Waals surface area (Å²) in [6.45, 7) is 11.8. The van der Waals surface area contributed by atoms with E-state index in [0.717, 1.165) is 25.7 Å². The molecule has 1 saturated carbocycles. The Morgan fingerprint density at radius 2 is 2.04 bits per heavy atom. The lowest BCUT2D eigenvalue weighted by Crippen LogP contribution is -2.36. The number of carbonyl (C=O) groups excluding carboxylic acids is 1. The largest absolute Gasteiger partial charge is 0.463 e. The molecule has 0 aromatic rings. The lowest BCUT2D eigenvalue weighted by molar-refractivity contribution is -0.156. The summed E-state index contributed by atoms with van der Waals surface area (Å²) in [6.07, 6.45) is 8.07. The fourth-order valence-electron chi connectivity index (χ4n) is 2.96. The van der Waals surface area contributed by atoms with E-state index in [1.165, 1.54) is 6.42 Å². The maximum atomic E-state index is 12.0. The number of hydrogen-bond acceptors (Lipinski definition) is 7. The SMILES string of the molecule is C=C1N=C(NO)C=CN1C(C)OC(C)COC(=O)C1CCCCC1.CC. The van der Waals surface area contributed by atoms with Crippen molar-refractivity contribution >= 4 is 11.8 Å². The highest BCUT2D eigenvalue weighted by Crippen LogP contribution is 2.24. The van der Waals surface area contributed by atoms with E-state index in [1.54, 1.807) is 17.2 Å².